The first-order valence-corrected chi connectivity index (χ1v) is 5.94. The van der Waals surface area contributed by atoms with Gasteiger partial charge in [0.05, 0.1) is 10.6 Å². The van der Waals surface area contributed by atoms with Crippen molar-refractivity contribution in [1.29, 1.82) is 0 Å². The summed E-state index contributed by atoms with van der Waals surface area (Å²) in [6.07, 6.45) is 1.53. The van der Waals surface area contributed by atoms with Crippen LogP contribution in [-0.4, -0.2) is 17.0 Å². The lowest BCUT2D eigenvalue weighted by atomic mass is 10.2. The van der Waals surface area contributed by atoms with E-state index in [-0.39, 0.29) is 5.69 Å². The summed E-state index contributed by atoms with van der Waals surface area (Å²) in [5.41, 5.74) is 1.31. The molecule has 0 spiro atoms. The third-order valence-electron chi connectivity index (χ3n) is 2.25. The van der Waals surface area contributed by atoms with E-state index in [4.69, 9.17) is 4.42 Å². The lowest BCUT2D eigenvalue weighted by molar-refractivity contribution is -0.384. The number of aromatic nitrogens is 1. The molecule has 0 unspecified atom stereocenters. The summed E-state index contributed by atoms with van der Waals surface area (Å²) in [6, 6.07) is 4.59. The number of nitrogens with zero attached hydrogens (tertiary/aromatic N) is 2. The third kappa shape index (κ3) is 2.74. The molecule has 0 bridgehead atoms. The van der Waals surface area contributed by atoms with Gasteiger partial charge in [-0.3, -0.25) is 10.1 Å². The Kier molecular flexibility index (Phi) is 3.73. The molecule has 0 aliphatic carbocycles. The molecule has 0 aliphatic heterocycles. The number of nitrogens with one attached hydrogen (secondary N) is 1. The van der Waals surface area contributed by atoms with Gasteiger partial charge in [-0.1, -0.05) is 15.9 Å². The van der Waals surface area contributed by atoms with E-state index < -0.39 is 4.92 Å². The maximum atomic E-state index is 10.8. The molecule has 6 nitrogen and oxygen atoms in total. The Morgan fingerprint density at radius 3 is 2.94 bits per heavy atom. The summed E-state index contributed by atoms with van der Waals surface area (Å²) in [5.74, 6) is 0.365. The fourth-order valence-electron chi connectivity index (χ4n) is 1.50. The molecule has 1 aromatic heterocycles. The first kappa shape index (κ1) is 12.7. The summed E-state index contributed by atoms with van der Waals surface area (Å²) in [7, 11) is 1.80. The van der Waals surface area contributed by atoms with Crippen LogP contribution in [-0.2, 0) is 6.54 Å². The van der Waals surface area contributed by atoms with E-state index in [0.29, 0.717) is 22.5 Å². The van der Waals surface area contributed by atoms with Crippen LogP contribution >= 0.6 is 15.9 Å². The highest BCUT2D eigenvalue weighted by Gasteiger charge is 2.13. The number of benzene rings is 1. The first-order valence-electron chi connectivity index (χ1n) is 5.14. The Morgan fingerprint density at radius 1 is 1.50 bits per heavy atom. The van der Waals surface area contributed by atoms with Gasteiger partial charge < -0.3 is 9.73 Å². The molecule has 2 rings (SSSR count). The predicted molar refractivity (Wildman–Crippen MR) is 69.1 cm³/mol. The molecule has 2 aromatic rings. The molecule has 0 amide bonds. The normalized spacial score (nSPS) is 10.6. The van der Waals surface area contributed by atoms with Crippen LogP contribution in [0.5, 0.6) is 0 Å². The standard InChI is InChI=1S/C11H10BrN3O3/c1-13-5-9-6-18-11(14-9)7-2-8(12)4-10(3-7)15(16)17/h2-4,6,13H,5H2,1H3. The van der Waals surface area contributed by atoms with Crippen LogP contribution in [0, 0.1) is 10.1 Å². The summed E-state index contributed by atoms with van der Waals surface area (Å²) >= 11 is 3.23. The maximum Gasteiger partial charge on any atom is 0.271 e. The van der Waals surface area contributed by atoms with E-state index >= 15 is 0 Å². The van der Waals surface area contributed by atoms with E-state index in [1.54, 1.807) is 13.1 Å². The molecular formula is C11H10BrN3O3. The topological polar surface area (TPSA) is 81.2 Å². The average molecular weight is 312 g/mol. The quantitative estimate of drug-likeness (QED) is 0.693. The summed E-state index contributed by atoms with van der Waals surface area (Å²) < 4.78 is 5.91. The lowest BCUT2D eigenvalue weighted by Crippen LogP contribution is -2.04. The second-order valence-electron chi connectivity index (χ2n) is 3.63. The SMILES string of the molecule is CNCc1coc(-c2cc(Br)cc([N+](=O)[O-])c2)n1. The molecule has 18 heavy (non-hydrogen) atoms. The van der Waals surface area contributed by atoms with Crippen LogP contribution in [0.2, 0.25) is 0 Å². The first-order chi connectivity index (χ1) is 8.60. The van der Waals surface area contributed by atoms with Crippen LogP contribution in [0.4, 0.5) is 5.69 Å². The minimum absolute atomic E-state index is 0.00672. The molecule has 94 valence electrons. The van der Waals surface area contributed by atoms with Gasteiger partial charge in [-0.25, -0.2) is 4.98 Å². The molecule has 1 N–H and O–H groups in total. The number of rotatable bonds is 4. The van der Waals surface area contributed by atoms with Crippen molar-refractivity contribution in [2.24, 2.45) is 0 Å². The largest absolute Gasteiger partial charge is 0.444 e. The summed E-state index contributed by atoms with van der Waals surface area (Å²) in [6.45, 7) is 0.583. The Balaban J connectivity index is 2.39. The number of oxazole rings is 1. The molecule has 7 heteroatoms. The van der Waals surface area contributed by atoms with Crippen LogP contribution in [0.15, 0.2) is 33.4 Å². The van der Waals surface area contributed by atoms with Crippen LogP contribution in [0.3, 0.4) is 0 Å². The minimum Gasteiger partial charge on any atom is -0.444 e. The van der Waals surface area contributed by atoms with Crippen molar-refractivity contribution >= 4 is 21.6 Å². The fourth-order valence-corrected chi connectivity index (χ4v) is 1.99. The molecule has 0 saturated heterocycles. The highest BCUT2D eigenvalue weighted by atomic mass is 79.9. The Labute approximate surface area is 111 Å². The number of hydrogen-bond donors (Lipinski definition) is 1. The van der Waals surface area contributed by atoms with E-state index in [9.17, 15) is 10.1 Å². The van der Waals surface area contributed by atoms with Gasteiger partial charge in [0.15, 0.2) is 0 Å². The molecule has 0 radical (unpaired) electrons. The number of hydrogen-bond acceptors (Lipinski definition) is 5. The van der Waals surface area contributed by atoms with Crippen LogP contribution in [0.1, 0.15) is 5.69 Å². The lowest BCUT2D eigenvalue weighted by Gasteiger charge is -1.98. The second-order valence-corrected chi connectivity index (χ2v) is 4.55. The highest BCUT2D eigenvalue weighted by Crippen LogP contribution is 2.28. The average Bonchev–Trinajstić information content (AvgIpc) is 2.77. The Bertz CT molecular complexity index is 583. The molecule has 1 heterocycles. The molecule has 0 atom stereocenters. The van der Waals surface area contributed by atoms with Gasteiger partial charge in [-0.05, 0) is 13.1 Å². The van der Waals surface area contributed by atoms with E-state index in [1.165, 1.54) is 18.4 Å². The van der Waals surface area contributed by atoms with Crippen LogP contribution < -0.4 is 5.32 Å². The van der Waals surface area contributed by atoms with Gasteiger partial charge in [0.25, 0.3) is 5.69 Å². The minimum atomic E-state index is -0.453. The van der Waals surface area contributed by atoms with E-state index in [1.807, 2.05) is 0 Å². The van der Waals surface area contributed by atoms with Crippen molar-refractivity contribution in [1.82, 2.24) is 10.3 Å². The second kappa shape index (κ2) is 5.28. The van der Waals surface area contributed by atoms with Gasteiger partial charge in [0.2, 0.25) is 5.89 Å². The van der Waals surface area contributed by atoms with E-state index in [0.717, 1.165) is 5.69 Å². The summed E-state index contributed by atoms with van der Waals surface area (Å²) in [4.78, 5) is 14.6. The van der Waals surface area contributed by atoms with Crippen molar-refractivity contribution in [2.45, 2.75) is 6.54 Å². The van der Waals surface area contributed by atoms with Crippen molar-refractivity contribution in [3.05, 3.63) is 44.7 Å². The monoisotopic (exact) mass is 311 g/mol. The van der Waals surface area contributed by atoms with Crippen molar-refractivity contribution in [3.8, 4) is 11.5 Å². The van der Waals surface area contributed by atoms with Gasteiger partial charge in [-0.2, -0.15) is 0 Å². The molecule has 1 aromatic carbocycles. The zero-order chi connectivity index (χ0) is 13.1. The number of nitro groups is 1. The van der Waals surface area contributed by atoms with E-state index in [2.05, 4.69) is 26.2 Å². The molecular weight excluding hydrogens is 302 g/mol. The zero-order valence-electron chi connectivity index (χ0n) is 9.51. The van der Waals surface area contributed by atoms with Crippen molar-refractivity contribution in [3.63, 3.8) is 0 Å². The van der Waals surface area contributed by atoms with Gasteiger partial charge in [-0.15, -0.1) is 0 Å². The molecule has 0 saturated carbocycles. The van der Waals surface area contributed by atoms with Gasteiger partial charge >= 0.3 is 0 Å². The van der Waals surface area contributed by atoms with Crippen LogP contribution in [0.25, 0.3) is 11.5 Å². The number of non-ortho nitro benzene ring substituents is 1. The third-order valence-corrected chi connectivity index (χ3v) is 2.71. The Morgan fingerprint density at radius 2 is 2.28 bits per heavy atom. The number of nitro benzene ring substituents is 1. The molecule has 0 aliphatic rings. The molecule has 0 fully saturated rings. The maximum absolute atomic E-state index is 10.8. The predicted octanol–water partition coefficient (Wildman–Crippen LogP) is 2.73. The van der Waals surface area contributed by atoms with Crippen molar-refractivity contribution in [2.75, 3.05) is 7.05 Å². The van der Waals surface area contributed by atoms with Gasteiger partial charge in [0.1, 0.15) is 6.26 Å². The highest BCUT2D eigenvalue weighted by molar-refractivity contribution is 9.10. The van der Waals surface area contributed by atoms with Crippen molar-refractivity contribution < 1.29 is 9.34 Å². The fraction of sp³-hybridized carbons (Fsp3) is 0.182. The Hall–Kier alpha value is -1.73. The smallest absolute Gasteiger partial charge is 0.271 e. The number of halogens is 1. The van der Waals surface area contributed by atoms with Gasteiger partial charge in [0, 0.05) is 28.7 Å². The zero-order valence-corrected chi connectivity index (χ0v) is 11.1. The summed E-state index contributed by atoms with van der Waals surface area (Å²) in [5, 5.41) is 13.7.